The normalized spacial score (nSPS) is 30.0. The number of hydrogen-bond acceptors (Lipinski definition) is 5. The maximum Gasteiger partial charge on any atom is 0.314 e. The van der Waals surface area contributed by atoms with E-state index < -0.39 is 11.0 Å². The van der Waals surface area contributed by atoms with E-state index in [0.29, 0.717) is 25.3 Å². The first-order chi connectivity index (χ1) is 18.9. The summed E-state index contributed by atoms with van der Waals surface area (Å²) in [6.45, 7) is 5.05. The van der Waals surface area contributed by atoms with Crippen LogP contribution in [0.5, 0.6) is 11.5 Å². The summed E-state index contributed by atoms with van der Waals surface area (Å²) < 4.78 is 6.69. The molecule has 3 aromatic rings. The molecule has 2 fully saturated rings. The van der Waals surface area contributed by atoms with Crippen LogP contribution >= 0.6 is 0 Å². The average Bonchev–Trinajstić information content (AvgIpc) is 3.56. The van der Waals surface area contributed by atoms with Crippen LogP contribution in [0.3, 0.4) is 0 Å². The summed E-state index contributed by atoms with van der Waals surface area (Å²) in [5, 5.41) is 30.7. The Balaban J connectivity index is 1.23. The molecule has 3 heterocycles. The van der Waals surface area contributed by atoms with Gasteiger partial charge in [-0.05, 0) is 86.4 Å². The number of H-pyrrole nitrogens is 1. The third-order valence-electron chi connectivity index (χ3n) is 10.3. The van der Waals surface area contributed by atoms with Crippen molar-refractivity contribution in [2.45, 2.75) is 68.6 Å². The molecule has 0 unspecified atom stereocenters. The Morgan fingerprint density at radius 1 is 1.23 bits per heavy atom. The van der Waals surface area contributed by atoms with Gasteiger partial charge in [-0.25, -0.2) is 4.79 Å². The number of ether oxygens (including phenoxy) is 1. The van der Waals surface area contributed by atoms with Crippen molar-refractivity contribution in [3.63, 3.8) is 0 Å². The van der Waals surface area contributed by atoms with Crippen molar-refractivity contribution in [2.75, 3.05) is 26.2 Å². The molecule has 5 aliphatic rings. The van der Waals surface area contributed by atoms with E-state index >= 15 is 0 Å². The number of piperidine rings is 1. The van der Waals surface area contributed by atoms with Gasteiger partial charge in [0.2, 0.25) is 0 Å². The first-order valence-corrected chi connectivity index (χ1v) is 14.6. The topological polar surface area (TPSA) is 110 Å². The molecular formula is C31H36N4O4. The fourth-order valence-electron chi connectivity index (χ4n) is 8.37. The zero-order valence-corrected chi connectivity index (χ0v) is 22.3. The van der Waals surface area contributed by atoms with E-state index in [1.807, 2.05) is 6.92 Å². The highest BCUT2D eigenvalue weighted by molar-refractivity contribution is 5.87. The number of rotatable bonds is 6. The van der Waals surface area contributed by atoms with Crippen LogP contribution in [-0.2, 0) is 24.7 Å². The number of carbonyl (C=O) groups is 1. The molecule has 39 heavy (non-hydrogen) atoms. The highest BCUT2D eigenvalue weighted by Gasteiger charge is 2.72. The maximum absolute atomic E-state index is 13.0. The number of nitrogens with one attached hydrogen (secondary N) is 3. The molecule has 0 radical (unpaired) electrons. The largest absolute Gasteiger partial charge is 0.504 e. The number of amides is 2. The molecule has 1 saturated carbocycles. The predicted octanol–water partition coefficient (Wildman–Crippen LogP) is 3.43. The van der Waals surface area contributed by atoms with Gasteiger partial charge in [0.15, 0.2) is 17.6 Å². The van der Waals surface area contributed by atoms with Crippen LogP contribution in [-0.4, -0.2) is 63.9 Å². The summed E-state index contributed by atoms with van der Waals surface area (Å²) in [5.74, 6) is 1.48. The molecule has 2 aliphatic heterocycles. The number of urea groups is 1. The average molecular weight is 529 g/mol. The minimum Gasteiger partial charge on any atom is -0.504 e. The van der Waals surface area contributed by atoms with Gasteiger partial charge in [-0.1, -0.05) is 12.1 Å². The maximum atomic E-state index is 13.0. The monoisotopic (exact) mass is 528 g/mol. The Labute approximate surface area is 227 Å². The van der Waals surface area contributed by atoms with E-state index in [0.717, 1.165) is 71.6 Å². The summed E-state index contributed by atoms with van der Waals surface area (Å²) >= 11 is 0. The van der Waals surface area contributed by atoms with Crippen LogP contribution in [0, 0.1) is 5.92 Å². The molecule has 4 atom stereocenters. The summed E-state index contributed by atoms with van der Waals surface area (Å²) in [7, 11) is 0. The van der Waals surface area contributed by atoms with E-state index in [9.17, 15) is 15.0 Å². The lowest BCUT2D eigenvalue weighted by atomic mass is 9.49. The lowest BCUT2D eigenvalue weighted by molar-refractivity contribution is -0.173. The third-order valence-corrected chi connectivity index (χ3v) is 10.3. The van der Waals surface area contributed by atoms with Crippen LogP contribution < -0.4 is 15.4 Å². The fourth-order valence-corrected chi connectivity index (χ4v) is 8.37. The zero-order valence-electron chi connectivity index (χ0n) is 22.3. The van der Waals surface area contributed by atoms with Crippen LogP contribution in [0.2, 0.25) is 0 Å². The molecule has 2 aromatic carbocycles. The van der Waals surface area contributed by atoms with Crippen molar-refractivity contribution in [3.05, 3.63) is 58.3 Å². The first kappa shape index (κ1) is 23.6. The van der Waals surface area contributed by atoms with Gasteiger partial charge in [-0.15, -0.1) is 0 Å². The number of benzene rings is 2. The Bertz CT molecular complexity index is 1510. The van der Waals surface area contributed by atoms with E-state index in [1.165, 1.54) is 18.4 Å². The number of aromatic amines is 1. The minimum absolute atomic E-state index is 0.0171. The fraction of sp³-hybridized carbons (Fsp3) is 0.516. The second-order valence-electron chi connectivity index (χ2n) is 12.4. The van der Waals surface area contributed by atoms with Gasteiger partial charge in [0.05, 0.1) is 16.7 Å². The number of hydrogen-bond donors (Lipinski definition) is 5. The van der Waals surface area contributed by atoms with E-state index in [1.54, 1.807) is 6.07 Å². The van der Waals surface area contributed by atoms with Gasteiger partial charge < -0.3 is 30.6 Å². The number of carbonyl (C=O) groups excluding carboxylic acids is 1. The molecule has 1 spiro atoms. The second kappa shape index (κ2) is 8.15. The van der Waals surface area contributed by atoms with Crippen molar-refractivity contribution in [1.29, 1.82) is 0 Å². The quantitative estimate of drug-likeness (QED) is 0.337. The predicted molar refractivity (Wildman–Crippen MR) is 147 cm³/mol. The molecule has 1 saturated heterocycles. The zero-order chi connectivity index (χ0) is 26.5. The SMILES string of the molecule is CCNC(=O)NCCc1ccc2[nH]c3c(c2c1)C[C@@]1(O)[C@@H]2Cc4ccc(O)c5c4[C@@]1(CCN2CC1CC1)[C@H]3O5. The van der Waals surface area contributed by atoms with Gasteiger partial charge >= 0.3 is 6.03 Å². The van der Waals surface area contributed by atoms with E-state index in [-0.39, 0.29) is 23.9 Å². The van der Waals surface area contributed by atoms with Crippen molar-refractivity contribution in [1.82, 2.24) is 20.5 Å². The number of likely N-dealkylation sites (tertiary alicyclic amines) is 1. The second-order valence-corrected chi connectivity index (χ2v) is 12.4. The Hall–Kier alpha value is -3.23. The number of nitrogens with zero attached hydrogens (tertiary/aromatic N) is 1. The van der Waals surface area contributed by atoms with Gasteiger partial charge in [0.1, 0.15) is 0 Å². The van der Waals surface area contributed by atoms with Crippen LogP contribution in [0.1, 0.15) is 60.2 Å². The summed E-state index contributed by atoms with van der Waals surface area (Å²) in [6.07, 6.45) is 5.08. The van der Waals surface area contributed by atoms with Crippen molar-refractivity contribution < 1.29 is 19.7 Å². The number of fused-ring (bicyclic) bond motifs is 4. The summed E-state index contributed by atoms with van der Waals surface area (Å²) in [4.78, 5) is 18.1. The first-order valence-electron chi connectivity index (χ1n) is 14.6. The Morgan fingerprint density at radius 3 is 2.92 bits per heavy atom. The number of phenols is 1. The molecule has 2 amide bonds. The molecule has 8 rings (SSSR count). The smallest absolute Gasteiger partial charge is 0.314 e. The van der Waals surface area contributed by atoms with Crippen molar-refractivity contribution in [3.8, 4) is 11.5 Å². The molecule has 8 heteroatoms. The Kier molecular flexibility index (Phi) is 4.94. The molecular weight excluding hydrogens is 492 g/mol. The minimum atomic E-state index is -0.991. The van der Waals surface area contributed by atoms with Crippen LogP contribution in [0.4, 0.5) is 4.79 Å². The van der Waals surface area contributed by atoms with Gasteiger partial charge in [-0.2, -0.15) is 0 Å². The number of aromatic hydroxyl groups is 1. The van der Waals surface area contributed by atoms with Gasteiger partial charge in [-0.3, -0.25) is 4.90 Å². The van der Waals surface area contributed by atoms with Crippen LogP contribution in [0.15, 0.2) is 30.3 Å². The Morgan fingerprint density at radius 2 is 2.10 bits per heavy atom. The van der Waals surface area contributed by atoms with E-state index in [2.05, 4.69) is 44.8 Å². The summed E-state index contributed by atoms with van der Waals surface area (Å²) in [5.41, 5.74) is 5.02. The summed E-state index contributed by atoms with van der Waals surface area (Å²) in [6, 6.07) is 10.1. The lowest BCUT2D eigenvalue weighted by Gasteiger charge is -2.62. The molecule has 1 aromatic heterocycles. The highest BCUT2D eigenvalue weighted by Crippen LogP contribution is 2.69. The molecule has 3 aliphatic carbocycles. The number of phenolic OH excluding ortho intramolecular Hbond substituents is 1. The van der Waals surface area contributed by atoms with Crippen molar-refractivity contribution in [2.24, 2.45) is 5.92 Å². The highest BCUT2D eigenvalue weighted by atomic mass is 16.5. The third kappa shape index (κ3) is 3.16. The number of aromatic nitrogens is 1. The number of aliphatic hydroxyl groups is 1. The van der Waals surface area contributed by atoms with E-state index in [4.69, 9.17) is 4.74 Å². The van der Waals surface area contributed by atoms with Crippen LogP contribution in [0.25, 0.3) is 10.9 Å². The standard InChI is InChI=1S/C31H36N4O4/c1-2-32-29(37)33-11-9-17-5-7-22-20(13-17)21-15-31(38)24-14-19-6-8-23(36)27-25(19)30(31,28(39-27)26(21)34-22)10-12-35(24)16-18-3-4-18/h5-8,13,18,24,28,34,36,38H,2-4,9-12,14-16H2,1H3,(H2,32,33,37)/t24-,28-,30-,31+/m0/s1. The van der Waals surface area contributed by atoms with Crippen molar-refractivity contribution >= 4 is 16.9 Å². The van der Waals surface area contributed by atoms with Gasteiger partial charge in [0, 0.05) is 48.6 Å². The molecule has 204 valence electrons. The molecule has 8 nitrogen and oxygen atoms in total. The molecule has 5 N–H and O–H groups in total. The lowest BCUT2D eigenvalue weighted by Crippen LogP contribution is -2.74. The molecule has 2 bridgehead atoms. The van der Waals surface area contributed by atoms with Gasteiger partial charge in [0.25, 0.3) is 0 Å².